The fourth-order valence-electron chi connectivity index (χ4n) is 6.28. The van der Waals surface area contributed by atoms with Crippen molar-refractivity contribution in [2.75, 3.05) is 33.7 Å². The molecule has 2 aliphatic rings. The lowest BCUT2D eigenvalue weighted by Crippen LogP contribution is -2.52. The van der Waals surface area contributed by atoms with Gasteiger partial charge >= 0.3 is 0 Å². The number of amides is 3. The average molecular weight is 594 g/mol. The number of hydrogen-bond donors (Lipinski definition) is 1. The van der Waals surface area contributed by atoms with E-state index in [-0.39, 0.29) is 23.6 Å². The van der Waals surface area contributed by atoms with Crippen molar-refractivity contribution in [1.29, 1.82) is 0 Å². The number of nitrogens with one attached hydrogen (secondary N) is 1. The molecule has 10 nitrogen and oxygen atoms in total. The molecular weight excluding hydrogens is 554 g/mol. The van der Waals surface area contributed by atoms with Crippen LogP contribution in [0.2, 0.25) is 5.15 Å². The Bertz CT molecular complexity index is 1420. The van der Waals surface area contributed by atoms with Crippen LogP contribution in [0.1, 0.15) is 43.2 Å². The number of aromatic nitrogens is 3. The number of fused-ring (bicyclic) bond motifs is 1. The molecule has 1 aromatic carbocycles. The van der Waals surface area contributed by atoms with Crippen molar-refractivity contribution in [2.24, 2.45) is 13.0 Å². The van der Waals surface area contributed by atoms with E-state index >= 15 is 0 Å². The Hall–Kier alpha value is -3.50. The average Bonchev–Trinajstić information content (AvgIpc) is 3.72. The van der Waals surface area contributed by atoms with Crippen LogP contribution < -0.4 is 5.32 Å². The molecule has 2 aliphatic heterocycles. The van der Waals surface area contributed by atoms with Crippen molar-refractivity contribution in [3.8, 4) is 0 Å². The molecular formula is C31H40ClN7O3. The SMILES string of the molecule is CN(C)C(CCC(=O)N1CCCC1)C(=O)N1CC(Cc2cccnc2)CC1C(=O)NCc1ccc2c(c1)c(Cl)nn2C. The quantitative estimate of drug-likeness (QED) is 0.388. The lowest BCUT2D eigenvalue weighted by atomic mass is 9.97. The van der Waals surface area contributed by atoms with Crippen LogP contribution >= 0.6 is 11.6 Å². The van der Waals surface area contributed by atoms with Gasteiger partial charge in [-0.25, -0.2) is 0 Å². The molecule has 3 aromatic rings. The molecule has 0 aliphatic carbocycles. The van der Waals surface area contributed by atoms with Crippen LogP contribution in [0.15, 0.2) is 42.7 Å². The smallest absolute Gasteiger partial charge is 0.243 e. The second-order valence-corrected chi connectivity index (χ2v) is 12.1. The van der Waals surface area contributed by atoms with Gasteiger partial charge in [-0.3, -0.25) is 28.9 Å². The summed E-state index contributed by atoms with van der Waals surface area (Å²) in [7, 11) is 5.56. The molecule has 0 radical (unpaired) electrons. The fraction of sp³-hybridized carbons (Fsp3) is 0.516. The second kappa shape index (κ2) is 13.2. The van der Waals surface area contributed by atoms with Gasteiger partial charge in [0, 0.05) is 57.4 Å². The highest BCUT2D eigenvalue weighted by molar-refractivity contribution is 6.34. The molecule has 2 aromatic heterocycles. The van der Waals surface area contributed by atoms with Crippen molar-refractivity contribution in [1.82, 2.24) is 34.8 Å². The van der Waals surface area contributed by atoms with E-state index in [0.717, 1.165) is 54.4 Å². The zero-order valence-corrected chi connectivity index (χ0v) is 25.4. The monoisotopic (exact) mass is 593 g/mol. The van der Waals surface area contributed by atoms with Crippen molar-refractivity contribution < 1.29 is 14.4 Å². The first-order valence-electron chi connectivity index (χ1n) is 14.7. The summed E-state index contributed by atoms with van der Waals surface area (Å²) < 4.78 is 1.73. The lowest BCUT2D eigenvalue weighted by molar-refractivity contribution is -0.142. The highest BCUT2D eigenvalue weighted by atomic mass is 35.5. The number of carbonyl (C=O) groups is 3. The molecule has 1 N–H and O–H groups in total. The predicted octanol–water partition coefficient (Wildman–Crippen LogP) is 3.03. The number of nitrogens with zero attached hydrogens (tertiary/aromatic N) is 6. The summed E-state index contributed by atoms with van der Waals surface area (Å²) in [5.74, 6) is -0.0665. The minimum atomic E-state index is -0.596. The normalized spacial score (nSPS) is 19.5. The number of aryl methyl sites for hydroxylation is 1. The Morgan fingerprint density at radius 1 is 1.14 bits per heavy atom. The number of rotatable bonds is 10. The molecule has 5 rings (SSSR count). The Morgan fingerprint density at radius 3 is 2.64 bits per heavy atom. The summed E-state index contributed by atoms with van der Waals surface area (Å²) in [4.78, 5) is 50.2. The van der Waals surface area contributed by atoms with Gasteiger partial charge < -0.3 is 15.1 Å². The number of likely N-dealkylation sites (tertiary alicyclic amines) is 2. The van der Waals surface area contributed by atoms with Crippen LogP contribution in [0.4, 0.5) is 0 Å². The maximum Gasteiger partial charge on any atom is 0.243 e. The minimum Gasteiger partial charge on any atom is -0.350 e. The third kappa shape index (κ3) is 6.76. The van der Waals surface area contributed by atoms with E-state index in [9.17, 15) is 14.4 Å². The molecule has 0 spiro atoms. The van der Waals surface area contributed by atoms with Gasteiger partial charge in [0.25, 0.3) is 0 Å². The summed E-state index contributed by atoms with van der Waals surface area (Å²) in [6.07, 6.45) is 7.69. The Balaban J connectivity index is 1.30. The second-order valence-electron chi connectivity index (χ2n) is 11.8. The van der Waals surface area contributed by atoms with Gasteiger partial charge in [0.1, 0.15) is 6.04 Å². The highest BCUT2D eigenvalue weighted by Gasteiger charge is 2.42. The Labute approximate surface area is 252 Å². The molecule has 4 heterocycles. The summed E-state index contributed by atoms with van der Waals surface area (Å²) in [5, 5.41) is 8.58. The minimum absolute atomic E-state index is 0.100. The molecule has 2 fully saturated rings. The van der Waals surface area contributed by atoms with Crippen LogP contribution in [0.5, 0.6) is 0 Å². The van der Waals surface area contributed by atoms with Crippen LogP contribution in [0.25, 0.3) is 10.9 Å². The zero-order chi connectivity index (χ0) is 29.8. The molecule has 2 saturated heterocycles. The molecule has 0 bridgehead atoms. The van der Waals surface area contributed by atoms with Crippen molar-refractivity contribution in [2.45, 2.75) is 57.2 Å². The number of halogens is 1. The summed E-state index contributed by atoms with van der Waals surface area (Å²) in [6.45, 7) is 2.38. The lowest BCUT2D eigenvalue weighted by Gasteiger charge is -2.31. The summed E-state index contributed by atoms with van der Waals surface area (Å²) >= 11 is 6.29. The van der Waals surface area contributed by atoms with Gasteiger partial charge in [-0.2, -0.15) is 5.10 Å². The van der Waals surface area contributed by atoms with Crippen molar-refractivity contribution >= 4 is 40.2 Å². The number of benzene rings is 1. The fourth-order valence-corrected chi connectivity index (χ4v) is 6.55. The van der Waals surface area contributed by atoms with Crippen LogP contribution in [-0.2, 0) is 34.4 Å². The number of pyridine rings is 1. The standard InChI is InChI=1S/C31H40ClN7O3/c1-36(2)26(10-11-28(40)38-13-4-5-14-38)31(42)39-20-23(15-21-7-6-12-33-18-21)17-27(39)30(41)34-19-22-8-9-25-24(16-22)29(32)35-37(25)3/h6-9,12,16,18,23,26-27H,4-5,10-11,13-15,17,19-20H2,1-3H3,(H,34,41). The Kier molecular flexibility index (Phi) is 9.43. The van der Waals surface area contributed by atoms with Crippen molar-refractivity contribution in [3.63, 3.8) is 0 Å². The molecule has 11 heteroatoms. The maximum atomic E-state index is 14.0. The van der Waals surface area contributed by atoms with E-state index in [1.807, 2.05) is 67.5 Å². The molecule has 3 atom stereocenters. The largest absolute Gasteiger partial charge is 0.350 e. The van der Waals surface area contributed by atoms with Gasteiger partial charge in [-0.15, -0.1) is 0 Å². The van der Waals surface area contributed by atoms with Crippen LogP contribution in [0.3, 0.4) is 0 Å². The third-order valence-electron chi connectivity index (χ3n) is 8.56. The molecule has 224 valence electrons. The van der Waals surface area contributed by atoms with E-state index in [1.54, 1.807) is 15.8 Å². The van der Waals surface area contributed by atoms with Crippen LogP contribution in [-0.4, -0.2) is 93.0 Å². The first-order valence-corrected chi connectivity index (χ1v) is 15.1. The van der Waals surface area contributed by atoms with E-state index in [0.29, 0.717) is 37.5 Å². The van der Waals surface area contributed by atoms with E-state index in [4.69, 9.17) is 11.6 Å². The topological polar surface area (TPSA) is 104 Å². The third-order valence-corrected chi connectivity index (χ3v) is 8.84. The van der Waals surface area contributed by atoms with Gasteiger partial charge in [0.15, 0.2) is 5.15 Å². The molecule has 42 heavy (non-hydrogen) atoms. The highest BCUT2D eigenvalue weighted by Crippen LogP contribution is 2.29. The first-order chi connectivity index (χ1) is 20.2. The van der Waals surface area contributed by atoms with E-state index in [1.165, 1.54) is 0 Å². The Morgan fingerprint density at radius 2 is 1.93 bits per heavy atom. The maximum absolute atomic E-state index is 14.0. The van der Waals surface area contributed by atoms with Gasteiger partial charge in [-0.05, 0) is 81.4 Å². The number of likely N-dealkylation sites (N-methyl/N-ethyl adjacent to an activating group) is 1. The first kappa shape index (κ1) is 30.0. The summed E-state index contributed by atoms with van der Waals surface area (Å²) in [6, 6.07) is 8.67. The predicted molar refractivity (Wildman–Crippen MR) is 162 cm³/mol. The molecule has 3 unspecified atom stereocenters. The van der Waals surface area contributed by atoms with Crippen LogP contribution in [0, 0.1) is 5.92 Å². The van der Waals surface area contributed by atoms with Gasteiger partial charge in [-0.1, -0.05) is 23.7 Å². The zero-order valence-electron chi connectivity index (χ0n) is 24.6. The summed E-state index contributed by atoms with van der Waals surface area (Å²) in [5.41, 5.74) is 2.90. The van der Waals surface area contributed by atoms with Gasteiger partial charge in [0.2, 0.25) is 17.7 Å². The van der Waals surface area contributed by atoms with E-state index in [2.05, 4.69) is 15.4 Å². The van der Waals surface area contributed by atoms with Gasteiger partial charge in [0.05, 0.1) is 11.6 Å². The van der Waals surface area contributed by atoms with Crippen molar-refractivity contribution in [3.05, 3.63) is 59.0 Å². The number of hydrogen-bond acceptors (Lipinski definition) is 6. The van der Waals surface area contributed by atoms with E-state index < -0.39 is 12.1 Å². The number of carbonyl (C=O) groups excluding carboxylic acids is 3. The molecule has 3 amide bonds. The molecule has 0 saturated carbocycles.